The summed E-state index contributed by atoms with van der Waals surface area (Å²) in [7, 11) is 0. The van der Waals surface area contributed by atoms with Crippen LogP contribution in [0.5, 0.6) is 0 Å². The third-order valence-electron chi connectivity index (χ3n) is 4.95. The monoisotopic (exact) mass is 400 g/mol. The molecule has 2 aromatic heterocycles. The molecule has 130 valence electrons. The van der Waals surface area contributed by atoms with Crippen molar-refractivity contribution in [2.24, 2.45) is 0 Å². The van der Waals surface area contributed by atoms with Crippen molar-refractivity contribution in [3.05, 3.63) is 22.2 Å². The van der Waals surface area contributed by atoms with Gasteiger partial charge < -0.3 is 10.1 Å². The Labute approximate surface area is 146 Å². The lowest BCUT2D eigenvalue weighted by Crippen LogP contribution is -2.39. The molecule has 3 heterocycles. The Kier molecular flexibility index (Phi) is 4.42. The van der Waals surface area contributed by atoms with Gasteiger partial charge in [0.2, 0.25) is 5.95 Å². The van der Waals surface area contributed by atoms with Crippen LogP contribution in [0.25, 0.3) is 5.52 Å². The van der Waals surface area contributed by atoms with Gasteiger partial charge in [-0.2, -0.15) is 0 Å². The maximum Gasteiger partial charge on any atom is 0.241 e. The molecule has 0 spiro atoms. The molecular formula is C16H19BrF2N4O. The molecule has 2 aliphatic rings. The minimum absolute atomic E-state index is 0.0803. The molecule has 1 aliphatic carbocycles. The number of rotatable bonds is 3. The van der Waals surface area contributed by atoms with Gasteiger partial charge in [0.15, 0.2) is 5.82 Å². The van der Waals surface area contributed by atoms with E-state index in [-0.39, 0.29) is 24.4 Å². The predicted octanol–water partition coefficient (Wildman–Crippen LogP) is 3.83. The molecule has 4 rings (SSSR count). The number of hydrogen-bond acceptors (Lipinski definition) is 4. The van der Waals surface area contributed by atoms with Crippen molar-refractivity contribution in [3.63, 3.8) is 0 Å². The highest BCUT2D eigenvalue weighted by Gasteiger charge is 2.29. The summed E-state index contributed by atoms with van der Waals surface area (Å²) in [5.74, 6) is 0.271. The van der Waals surface area contributed by atoms with Crippen LogP contribution >= 0.6 is 15.9 Å². The van der Waals surface area contributed by atoms with Gasteiger partial charge >= 0.3 is 0 Å². The third-order valence-corrected chi connectivity index (χ3v) is 5.70. The molecule has 0 aromatic carbocycles. The van der Waals surface area contributed by atoms with Crippen LogP contribution in [0.1, 0.15) is 43.7 Å². The van der Waals surface area contributed by atoms with Gasteiger partial charge in [0.05, 0.1) is 29.0 Å². The minimum atomic E-state index is -1.10. The number of nitrogens with zero attached hydrogens (tertiary/aromatic N) is 3. The first-order valence-electron chi connectivity index (χ1n) is 8.36. The summed E-state index contributed by atoms with van der Waals surface area (Å²) in [4.78, 5) is 4.17. The van der Waals surface area contributed by atoms with Crippen molar-refractivity contribution in [2.75, 3.05) is 18.5 Å². The fraction of sp³-hybridized carbons (Fsp3) is 0.625. The number of fused-ring (bicyclic) bond motifs is 1. The van der Waals surface area contributed by atoms with E-state index in [0.29, 0.717) is 29.0 Å². The summed E-state index contributed by atoms with van der Waals surface area (Å²) < 4.78 is 35.6. The SMILES string of the molecule is Fc1c(Br)c(C2CCCC2)n2nc(N[C@@H]3CCOC[C@H]3F)ncc12. The van der Waals surface area contributed by atoms with Gasteiger partial charge in [0.1, 0.15) is 11.7 Å². The summed E-state index contributed by atoms with van der Waals surface area (Å²) in [5.41, 5.74) is 1.20. The van der Waals surface area contributed by atoms with E-state index < -0.39 is 6.17 Å². The number of aromatic nitrogens is 3. The number of halogens is 3. The third kappa shape index (κ3) is 2.79. The zero-order chi connectivity index (χ0) is 16.7. The highest BCUT2D eigenvalue weighted by atomic mass is 79.9. The summed E-state index contributed by atoms with van der Waals surface area (Å²) in [6.07, 6.45) is 5.27. The summed E-state index contributed by atoms with van der Waals surface area (Å²) in [6.45, 7) is 0.592. The fourth-order valence-electron chi connectivity index (χ4n) is 3.65. The zero-order valence-corrected chi connectivity index (χ0v) is 14.7. The van der Waals surface area contributed by atoms with Gasteiger partial charge in [0, 0.05) is 12.5 Å². The Morgan fingerprint density at radius 1 is 1.29 bits per heavy atom. The van der Waals surface area contributed by atoms with E-state index >= 15 is 0 Å². The van der Waals surface area contributed by atoms with Crippen LogP contribution in [0.2, 0.25) is 0 Å². The van der Waals surface area contributed by atoms with Crippen molar-refractivity contribution in [3.8, 4) is 0 Å². The standard InChI is InChI=1S/C16H19BrF2N4O/c17-13-14(19)12-7-20-16(21-11-5-6-24-8-10(11)18)22-23(12)15(13)9-3-1-2-4-9/h7,9-11H,1-6,8H2,(H,21,22)/t10-,11-/m1/s1. The molecule has 5 nitrogen and oxygen atoms in total. The Morgan fingerprint density at radius 3 is 2.83 bits per heavy atom. The van der Waals surface area contributed by atoms with Crippen molar-refractivity contribution in [1.82, 2.24) is 14.6 Å². The number of ether oxygens (including phenoxy) is 1. The second kappa shape index (κ2) is 6.55. The lowest BCUT2D eigenvalue weighted by Gasteiger charge is -2.26. The maximum atomic E-state index is 14.5. The first-order valence-corrected chi connectivity index (χ1v) is 9.15. The van der Waals surface area contributed by atoms with Crippen LogP contribution in [0.4, 0.5) is 14.7 Å². The maximum absolute atomic E-state index is 14.5. The molecule has 1 N–H and O–H groups in total. The van der Waals surface area contributed by atoms with Crippen molar-refractivity contribution in [2.45, 2.75) is 50.2 Å². The molecule has 2 atom stereocenters. The van der Waals surface area contributed by atoms with Gasteiger partial charge in [0.25, 0.3) is 0 Å². The summed E-state index contributed by atoms with van der Waals surface area (Å²) in [6, 6.07) is -0.380. The van der Waals surface area contributed by atoms with Gasteiger partial charge in [-0.3, -0.25) is 0 Å². The van der Waals surface area contributed by atoms with Crippen LogP contribution in [0.3, 0.4) is 0 Å². The van der Waals surface area contributed by atoms with Crippen LogP contribution in [-0.4, -0.2) is 40.0 Å². The Balaban J connectivity index is 1.69. The second-order valence-electron chi connectivity index (χ2n) is 6.50. The van der Waals surface area contributed by atoms with Gasteiger partial charge in [-0.25, -0.2) is 18.3 Å². The Bertz CT molecular complexity index is 747. The molecule has 1 aliphatic heterocycles. The van der Waals surface area contributed by atoms with E-state index in [1.807, 2.05) is 0 Å². The van der Waals surface area contributed by atoms with E-state index in [0.717, 1.165) is 31.4 Å². The highest BCUT2D eigenvalue weighted by Crippen LogP contribution is 2.40. The van der Waals surface area contributed by atoms with Crippen molar-refractivity contribution >= 4 is 27.4 Å². The van der Waals surface area contributed by atoms with E-state index in [9.17, 15) is 8.78 Å². The largest absolute Gasteiger partial charge is 0.378 e. The molecule has 1 saturated heterocycles. The minimum Gasteiger partial charge on any atom is -0.378 e. The first-order chi connectivity index (χ1) is 11.6. The normalized spacial score (nSPS) is 25.5. The van der Waals surface area contributed by atoms with E-state index in [2.05, 4.69) is 31.3 Å². The summed E-state index contributed by atoms with van der Waals surface area (Å²) in [5, 5.41) is 7.48. The van der Waals surface area contributed by atoms with E-state index in [1.54, 1.807) is 4.52 Å². The average molecular weight is 401 g/mol. The highest BCUT2D eigenvalue weighted by molar-refractivity contribution is 9.10. The predicted molar refractivity (Wildman–Crippen MR) is 89.6 cm³/mol. The summed E-state index contributed by atoms with van der Waals surface area (Å²) >= 11 is 3.38. The van der Waals surface area contributed by atoms with E-state index in [1.165, 1.54) is 6.20 Å². The zero-order valence-electron chi connectivity index (χ0n) is 13.1. The second-order valence-corrected chi connectivity index (χ2v) is 7.30. The van der Waals surface area contributed by atoms with Crippen molar-refractivity contribution < 1.29 is 13.5 Å². The van der Waals surface area contributed by atoms with E-state index in [4.69, 9.17) is 4.74 Å². The van der Waals surface area contributed by atoms with Crippen LogP contribution in [0.15, 0.2) is 10.7 Å². The molecule has 0 radical (unpaired) electrons. The lowest BCUT2D eigenvalue weighted by atomic mass is 10.0. The molecule has 2 fully saturated rings. The average Bonchev–Trinajstić information content (AvgIpc) is 3.18. The quantitative estimate of drug-likeness (QED) is 0.850. The lowest BCUT2D eigenvalue weighted by molar-refractivity contribution is 0.0284. The number of anilines is 1. The van der Waals surface area contributed by atoms with Gasteiger partial charge in [-0.15, -0.1) is 5.10 Å². The molecule has 0 bridgehead atoms. The Hall–Kier alpha value is -1.28. The molecule has 2 aromatic rings. The number of hydrogen-bond donors (Lipinski definition) is 1. The van der Waals surface area contributed by atoms with Crippen LogP contribution < -0.4 is 5.32 Å². The fourth-order valence-corrected chi connectivity index (χ4v) is 4.35. The topological polar surface area (TPSA) is 51.5 Å². The van der Waals surface area contributed by atoms with Crippen LogP contribution in [-0.2, 0) is 4.74 Å². The number of nitrogens with one attached hydrogen (secondary N) is 1. The molecule has 24 heavy (non-hydrogen) atoms. The smallest absolute Gasteiger partial charge is 0.241 e. The molecule has 1 saturated carbocycles. The van der Waals surface area contributed by atoms with Gasteiger partial charge in [-0.05, 0) is 35.2 Å². The molecule has 0 unspecified atom stereocenters. The molecule has 0 amide bonds. The van der Waals surface area contributed by atoms with Crippen LogP contribution in [0, 0.1) is 5.82 Å². The molecule has 8 heteroatoms. The van der Waals surface area contributed by atoms with Crippen molar-refractivity contribution in [1.29, 1.82) is 0 Å². The Morgan fingerprint density at radius 2 is 2.08 bits per heavy atom. The molecular weight excluding hydrogens is 382 g/mol. The number of alkyl halides is 1. The van der Waals surface area contributed by atoms with Gasteiger partial charge in [-0.1, -0.05) is 12.8 Å². The first kappa shape index (κ1) is 16.2.